The molecule has 0 heterocycles. The highest BCUT2D eigenvalue weighted by Gasteiger charge is 2.74. The molecule has 0 spiro atoms. The van der Waals surface area contributed by atoms with Crippen LogP contribution in [0.3, 0.4) is 0 Å². The van der Waals surface area contributed by atoms with E-state index >= 15 is 0 Å². The molecule has 1 rings (SSSR count). The van der Waals surface area contributed by atoms with Gasteiger partial charge in [0, 0.05) is 5.57 Å². The Morgan fingerprint density at radius 1 is 1.09 bits per heavy atom. The molecule has 0 amide bonds. The van der Waals surface area contributed by atoms with Gasteiger partial charge in [0.25, 0.3) is 0 Å². The Bertz CT molecular complexity index is 448. The Morgan fingerprint density at radius 2 is 1.55 bits per heavy atom. The van der Waals surface area contributed by atoms with Gasteiger partial charge in [-0.3, -0.25) is 0 Å². The summed E-state index contributed by atoms with van der Waals surface area (Å²) in [4.78, 5) is 11.5. The maximum absolute atomic E-state index is 13.6. The third-order valence-electron chi connectivity index (χ3n) is 3.53. The minimum Gasteiger partial charge on any atom is -0.455 e. The third-order valence-corrected chi connectivity index (χ3v) is 3.53. The van der Waals surface area contributed by atoms with Crippen LogP contribution in [-0.4, -0.2) is 29.6 Å². The molecule has 128 valence electrons. The first-order chi connectivity index (χ1) is 9.74. The van der Waals surface area contributed by atoms with Crippen molar-refractivity contribution in [1.82, 2.24) is 0 Å². The number of esters is 1. The summed E-state index contributed by atoms with van der Waals surface area (Å²) in [7, 11) is 0. The van der Waals surface area contributed by atoms with Crippen molar-refractivity contribution >= 4 is 5.97 Å². The van der Waals surface area contributed by atoms with Crippen LogP contribution in [0.5, 0.6) is 0 Å². The molecule has 0 radical (unpaired) electrons. The number of halogens is 7. The van der Waals surface area contributed by atoms with Crippen LogP contribution < -0.4 is 0 Å². The van der Waals surface area contributed by atoms with E-state index in [4.69, 9.17) is 4.74 Å². The topological polar surface area (TPSA) is 26.3 Å². The van der Waals surface area contributed by atoms with Gasteiger partial charge >= 0.3 is 24.0 Å². The van der Waals surface area contributed by atoms with Crippen molar-refractivity contribution in [3.05, 3.63) is 12.2 Å². The summed E-state index contributed by atoms with van der Waals surface area (Å²) >= 11 is 0. The molecule has 0 saturated heterocycles. The summed E-state index contributed by atoms with van der Waals surface area (Å²) in [5.74, 6) is -12.7. The number of hydrogen-bond donors (Lipinski definition) is 0. The molecule has 0 unspecified atom stereocenters. The van der Waals surface area contributed by atoms with E-state index in [-0.39, 0.29) is 31.3 Å². The molecule has 0 bridgehead atoms. The molecule has 1 aliphatic rings. The zero-order valence-corrected chi connectivity index (χ0v) is 11.7. The summed E-state index contributed by atoms with van der Waals surface area (Å²) in [5, 5.41) is 0. The standard InChI is InChI=1S/C13H15F7O2/c1-8(2)9(21)22-10(5-3-4-6-10)7-11(14,15)12(16,17)13(18,19)20/h1,3-7H2,2H3. The molecular weight excluding hydrogens is 321 g/mol. The van der Waals surface area contributed by atoms with Gasteiger partial charge in [-0.25, -0.2) is 4.79 Å². The third kappa shape index (κ3) is 3.55. The Hall–Kier alpha value is -1.28. The van der Waals surface area contributed by atoms with E-state index in [0.717, 1.165) is 0 Å². The normalized spacial score (nSPS) is 19.1. The van der Waals surface area contributed by atoms with E-state index in [2.05, 4.69) is 6.58 Å². The van der Waals surface area contributed by atoms with Gasteiger partial charge < -0.3 is 4.74 Å². The van der Waals surface area contributed by atoms with Gasteiger partial charge in [0.05, 0.1) is 6.42 Å². The first-order valence-corrected chi connectivity index (χ1v) is 6.45. The predicted molar refractivity (Wildman–Crippen MR) is 62.7 cm³/mol. The van der Waals surface area contributed by atoms with Gasteiger partial charge in [-0.1, -0.05) is 6.58 Å². The smallest absolute Gasteiger partial charge is 0.455 e. The maximum Gasteiger partial charge on any atom is 0.459 e. The van der Waals surface area contributed by atoms with Crippen LogP contribution in [0.2, 0.25) is 0 Å². The monoisotopic (exact) mass is 336 g/mol. The number of alkyl halides is 7. The summed E-state index contributed by atoms with van der Waals surface area (Å²) < 4.78 is 94.4. The minimum absolute atomic E-state index is 0.155. The van der Waals surface area contributed by atoms with Crippen molar-refractivity contribution in [2.45, 2.75) is 62.7 Å². The molecule has 1 fully saturated rings. The minimum atomic E-state index is -6.39. The molecule has 0 atom stereocenters. The number of ether oxygens (including phenoxy) is 1. The fourth-order valence-corrected chi connectivity index (χ4v) is 2.34. The summed E-state index contributed by atoms with van der Waals surface area (Å²) in [6, 6.07) is 0. The lowest BCUT2D eigenvalue weighted by molar-refractivity contribution is -0.361. The van der Waals surface area contributed by atoms with Crippen molar-refractivity contribution < 1.29 is 40.3 Å². The lowest BCUT2D eigenvalue weighted by atomic mass is 9.90. The second kappa shape index (κ2) is 5.73. The summed E-state index contributed by atoms with van der Waals surface area (Å²) in [5.41, 5.74) is -2.19. The van der Waals surface area contributed by atoms with Crippen molar-refractivity contribution in [3.8, 4) is 0 Å². The molecule has 0 aromatic heterocycles. The first kappa shape index (κ1) is 18.8. The second-order valence-electron chi connectivity index (χ2n) is 5.51. The van der Waals surface area contributed by atoms with Crippen molar-refractivity contribution in [2.75, 3.05) is 0 Å². The van der Waals surface area contributed by atoms with E-state index in [0.29, 0.717) is 0 Å². The van der Waals surface area contributed by atoms with Gasteiger partial charge in [0.2, 0.25) is 0 Å². The lowest BCUT2D eigenvalue weighted by Gasteiger charge is -2.36. The highest BCUT2D eigenvalue weighted by atomic mass is 19.4. The van der Waals surface area contributed by atoms with E-state index in [1.54, 1.807) is 0 Å². The Morgan fingerprint density at radius 3 is 1.91 bits per heavy atom. The van der Waals surface area contributed by atoms with Gasteiger partial charge in [0.15, 0.2) is 0 Å². The molecule has 9 heteroatoms. The van der Waals surface area contributed by atoms with Crippen LogP contribution in [0.15, 0.2) is 12.2 Å². The van der Waals surface area contributed by atoms with E-state index in [1.807, 2.05) is 0 Å². The fraction of sp³-hybridized carbons (Fsp3) is 0.769. The number of hydrogen-bond acceptors (Lipinski definition) is 2. The predicted octanol–water partition coefficient (Wildman–Crippen LogP) is 4.64. The van der Waals surface area contributed by atoms with Gasteiger partial charge in [0.1, 0.15) is 5.60 Å². The molecule has 2 nitrogen and oxygen atoms in total. The summed E-state index contributed by atoms with van der Waals surface area (Å²) in [6.45, 7) is 4.44. The number of carbonyl (C=O) groups is 1. The van der Waals surface area contributed by atoms with E-state index in [9.17, 15) is 35.5 Å². The molecule has 22 heavy (non-hydrogen) atoms. The molecule has 0 aromatic carbocycles. The lowest BCUT2D eigenvalue weighted by Crippen LogP contribution is -2.55. The Labute approximate surface area is 122 Å². The second-order valence-corrected chi connectivity index (χ2v) is 5.51. The average molecular weight is 336 g/mol. The molecular formula is C13H15F7O2. The van der Waals surface area contributed by atoms with Crippen LogP contribution in [0.1, 0.15) is 39.0 Å². The molecule has 0 N–H and O–H groups in total. The fourth-order valence-electron chi connectivity index (χ4n) is 2.34. The Kier molecular flexibility index (Phi) is 4.89. The largest absolute Gasteiger partial charge is 0.459 e. The van der Waals surface area contributed by atoms with E-state index in [1.165, 1.54) is 6.92 Å². The van der Waals surface area contributed by atoms with Crippen LogP contribution in [-0.2, 0) is 9.53 Å². The van der Waals surface area contributed by atoms with Crippen LogP contribution in [0, 0.1) is 0 Å². The van der Waals surface area contributed by atoms with Crippen molar-refractivity contribution in [1.29, 1.82) is 0 Å². The Balaban J connectivity index is 3.05. The molecule has 1 aliphatic carbocycles. The van der Waals surface area contributed by atoms with Crippen LogP contribution >= 0.6 is 0 Å². The molecule has 0 aromatic rings. The van der Waals surface area contributed by atoms with Crippen LogP contribution in [0.25, 0.3) is 0 Å². The zero-order valence-electron chi connectivity index (χ0n) is 11.7. The number of rotatable bonds is 5. The van der Waals surface area contributed by atoms with E-state index < -0.39 is 36.0 Å². The van der Waals surface area contributed by atoms with Crippen molar-refractivity contribution in [2.24, 2.45) is 0 Å². The maximum atomic E-state index is 13.6. The van der Waals surface area contributed by atoms with Gasteiger partial charge in [-0.2, -0.15) is 30.7 Å². The molecule has 0 aliphatic heterocycles. The van der Waals surface area contributed by atoms with Crippen LogP contribution in [0.4, 0.5) is 30.7 Å². The SMILES string of the molecule is C=C(C)C(=O)OC1(CC(F)(F)C(F)(F)C(F)(F)F)CCCC1. The van der Waals surface area contributed by atoms with Crippen molar-refractivity contribution in [3.63, 3.8) is 0 Å². The first-order valence-electron chi connectivity index (χ1n) is 6.45. The molecule has 1 saturated carbocycles. The number of carbonyl (C=O) groups excluding carboxylic acids is 1. The van der Waals surface area contributed by atoms with Gasteiger partial charge in [-0.15, -0.1) is 0 Å². The quantitative estimate of drug-likeness (QED) is 0.415. The zero-order chi connectivity index (χ0) is 17.4. The highest BCUT2D eigenvalue weighted by Crippen LogP contribution is 2.52. The average Bonchev–Trinajstić information content (AvgIpc) is 2.74. The van der Waals surface area contributed by atoms with Gasteiger partial charge in [-0.05, 0) is 32.6 Å². The highest BCUT2D eigenvalue weighted by molar-refractivity contribution is 5.87. The summed E-state index contributed by atoms with van der Waals surface area (Å²) in [6.07, 6.45) is -8.10.